The number of aryl methyl sites for hydroxylation is 4. The molecular weight excluding hydrogens is 474 g/mol. The number of rotatable bonds is 3. The second-order valence-electron chi connectivity index (χ2n) is 10.3. The lowest BCUT2D eigenvalue weighted by molar-refractivity contribution is 1.15. The van der Waals surface area contributed by atoms with Gasteiger partial charge < -0.3 is 4.57 Å². The molecular formula is C36H27N3. The van der Waals surface area contributed by atoms with E-state index in [2.05, 4.69) is 117 Å². The van der Waals surface area contributed by atoms with Gasteiger partial charge in [-0.3, -0.25) is 0 Å². The van der Waals surface area contributed by atoms with Crippen molar-refractivity contribution in [3.05, 3.63) is 124 Å². The first kappa shape index (κ1) is 24.2. The molecule has 6 aromatic rings. The third kappa shape index (κ3) is 3.80. The highest BCUT2D eigenvalue weighted by atomic mass is 15.0. The Kier molecular flexibility index (Phi) is 5.79. The zero-order valence-corrected chi connectivity index (χ0v) is 22.5. The maximum absolute atomic E-state index is 10.0. The van der Waals surface area contributed by atoms with Crippen LogP contribution < -0.4 is 0 Å². The van der Waals surface area contributed by atoms with Crippen LogP contribution in [0.15, 0.2) is 91.0 Å². The summed E-state index contributed by atoms with van der Waals surface area (Å²) in [4.78, 5) is 0. The molecule has 3 heteroatoms. The van der Waals surface area contributed by atoms with Crippen LogP contribution in [0.3, 0.4) is 0 Å². The summed E-state index contributed by atoms with van der Waals surface area (Å²) in [5.41, 5.74) is 13.2. The van der Waals surface area contributed by atoms with E-state index in [0.29, 0.717) is 16.8 Å². The summed E-state index contributed by atoms with van der Waals surface area (Å²) in [6.45, 7) is 8.60. The van der Waals surface area contributed by atoms with Gasteiger partial charge in [-0.1, -0.05) is 54.6 Å². The van der Waals surface area contributed by atoms with E-state index in [4.69, 9.17) is 0 Å². The summed E-state index contributed by atoms with van der Waals surface area (Å²) in [6, 6.07) is 35.9. The van der Waals surface area contributed by atoms with E-state index >= 15 is 0 Å². The third-order valence-electron chi connectivity index (χ3n) is 7.81. The van der Waals surface area contributed by atoms with Gasteiger partial charge in [0.15, 0.2) is 0 Å². The quantitative estimate of drug-likeness (QED) is 0.243. The Hall–Kier alpha value is -5.12. The van der Waals surface area contributed by atoms with Gasteiger partial charge in [-0.25, -0.2) is 0 Å². The highest BCUT2D eigenvalue weighted by Gasteiger charge is 2.20. The van der Waals surface area contributed by atoms with Crippen LogP contribution in [-0.2, 0) is 0 Å². The molecule has 0 bridgehead atoms. The summed E-state index contributed by atoms with van der Waals surface area (Å²) in [5, 5.41) is 22.2. The summed E-state index contributed by atoms with van der Waals surface area (Å²) in [5.74, 6) is 0. The molecule has 0 aliphatic heterocycles. The SMILES string of the molecule is Cc1cccc(C)c1-c1ccc2c(c1)c1cc(-c3c(C)cccc3C)ccc1n2-c1c(C#N)cccc1C#N. The normalized spacial score (nSPS) is 11.0. The molecule has 0 amide bonds. The third-order valence-corrected chi connectivity index (χ3v) is 7.81. The fraction of sp³-hybridized carbons (Fsp3) is 0.111. The van der Waals surface area contributed by atoms with Crippen molar-refractivity contribution < 1.29 is 0 Å². The van der Waals surface area contributed by atoms with Gasteiger partial charge in [0, 0.05) is 10.8 Å². The van der Waals surface area contributed by atoms with Crippen molar-refractivity contribution >= 4 is 21.8 Å². The molecule has 0 unspecified atom stereocenters. The Morgan fingerprint density at radius 2 is 0.897 bits per heavy atom. The Morgan fingerprint density at radius 3 is 1.28 bits per heavy atom. The van der Waals surface area contributed by atoms with Crippen molar-refractivity contribution in [1.29, 1.82) is 10.5 Å². The van der Waals surface area contributed by atoms with E-state index in [9.17, 15) is 10.5 Å². The van der Waals surface area contributed by atoms with Gasteiger partial charge in [0.05, 0.1) is 27.8 Å². The van der Waals surface area contributed by atoms with Crippen molar-refractivity contribution in [2.75, 3.05) is 0 Å². The number of nitrogens with zero attached hydrogens (tertiary/aromatic N) is 3. The lowest BCUT2D eigenvalue weighted by Crippen LogP contribution is -2.01. The number of nitriles is 2. The Labute approximate surface area is 228 Å². The van der Waals surface area contributed by atoms with E-state index < -0.39 is 0 Å². The van der Waals surface area contributed by atoms with Crippen molar-refractivity contribution in [2.24, 2.45) is 0 Å². The zero-order chi connectivity index (χ0) is 27.3. The molecule has 6 rings (SSSR count). The van der Waals surface area contributed by atoms with E-state index in [1.54, 1.807) is 18.2 Å². The van der Waals surface area contributed by atoms with Crippen molar-refractivity contribution in [3.8, 4) is 40.1 Å². The average Bonchev–Trinajstić information content (AvgIpc) is 3.25. The van der Waals surface area contributed by atoms with E-state index in [0.717, 1.165) is 32.9 Å². The highest BCUT2D eigenvalue weighted by Crippen LogP contribution is 2.40. The minimum atomic E-state index is 0.477. The molecule has 39 heavy (non-hydrogen) atoms. The van der Waals surface area contributed by atoms with Gasteiger partial charge in [0.25, 0.3) is 0 Å². The minimum absolute atomic E-state index is 0.477. The van der Waals surface area contributed by atoms with Gasteiger partial charge in [-0.05, 0) is 109 Å². The molecule has 0 fully saturated rings. The number of benzene rings is 5. The molecule has 0 spiro atoms. The van der Waals surface area contributed by atoms with Crippen LogP contribution in [0.1, 0.15) is 33.4 Å². The molecule has 1 aromatic heterocycles. The van der Waals surface area contributed by atoms with Gasteiger partial charge in [0.2, 0.25) is 0 Å². The molecule has 0 atom stereocenters. The molecule has 186 valence electrons. The Balaban J connectivity index is 1.76. The Bertz CT molecular complexity index is 1840. The smallest absolute Gasteiger partial charge is 0.101 e. The van der Waals surface area contributed by atoms with E-state index in [1.165, 1.54) is 33.4 Å². The maximum Gasteiger partial charge on any atom is 0.101 e. The first-order chi connectivity index (χ1) is 18.9. The largest absolute Gasteiger partial charge is 0.307 e. The monoisotopic (exact) mass is 501 g/mol. The molecule has 0 N–H and O–H groups in total. The number of para-hydroxylation sites is 1. The second-order valence-corrected chi connectivity index (χ2v) is 10.3. The number of fused-ring (bicyclic) bond motifs is 3. The van der Waals surface area contributed by atoms with Crippen LogP contribution >= 0.6 is 0 Å². The van der Waals surface area contributed by atoms with E-state index in [1.807, 2.05) is 0 Å². The molecule has 5 aromatic carbocycles. The lowest BCUT2D eigenvalue weighted by Gasteiger charge is -2.13. The number of aromatic nitrogens is 1. The fourth-order valence-corrected chi connectivity index (χ4v) is 6.08. The highest BCUT2D eigenvalue weighted by molar-refractivity contribution is 6.12. The summed E-state index contributed by atoms with van der Waals surface area (Å²) in [7, 11) is 0. The van der Waals surface area contributed by atoms with Crippen molar-refractivity contribution in [2.45, 2.75) is 27.7 Å². The number of hydrogen-bond acceptors (Lipinski definition) is 2. The molecule has 0 aliphatic rings. The predicted octanol–water partition coefficient (Wildman–Crippen LogP) is 9.09. The van der Waals surface area contributed by atoms with Crippen LogP contribution in [0.25, 0.3) is 49.7 Å². The number of hydrogen-bond donors (Lipinski definition) is 0. The van der Waals surface area contributed by atoms with Gasteiger partial charge in [-0.2, -0.15) is 10.5 Å². The molecule has 0 saturated carbocycles. The second kappa shape index (κ2) is 9.32. The van der Waals surface area contributed by atoms with Crippen LogP contribution in [0.2, 0.25) is 0 Å². The topological polar surface area (TPSA) is 52.5 Å². The molecule has 1 heterocycles. The van der Waals surface area contributed by atoms with Crippen LogP contribution in [-0.4, -0.2) is 4.57 Å². The fourth-order valence-electron chi connectivity index (χ4n) is 6.08. The Morgan fingerprint density at radius 1 is 0.513 bits per heavy atom. The molecule has 3 nitrogen and oxygen atoms in total. The van der Waals surface area contributed by atoms with Gasteiger partial charge in [-0.15, -0.1) is 0 Å². The summed E-state index contributed by atoms with van der Waals surface area (Å²) < 4.78 is 2.09. The molecule has 0 radical (unpaired) electrons. The standard InChI is InChI=1S/C36H27N3/c1-22-8-5-9-23(2)34(22)26-14-16-32-30(18-26)31-19-27(35-24(3)10-6-11-25(35)4)15-17-33(31)39(32)36-28(20-37)12-7-13-29(36)21-38/h5-19H,1-4H3. The summed E-state index contributed by atoms with van der Waals surface area (Å²) >= 11 is 0. The molecule has 0 saturated heterocycles. The van der Waals surface area contributed by atoms with Crippen LogP contribution in [0.5, 0.6) is 0 Å². The maximum atomic E-state index is 10.0. The van der Waals surface area contributed by atoms with Crippen molar-refractivity contribution in [1.82, 2.24) is 4.57 Å². The van der Waals surface area contributed by atoms with E-state index in [-0.39, 0.29) is 0 Å². The first-order valence-electron chi connectivity index (χ1n) is 13.1. The molecule has 0 aliphatic carbocycles. The zero-order valence-electron chi connectivity index (χ0n) is 22.5. The minimum Gasteiger partial charge on any atom is -0.307 e. The predicted molar refractivity (Wildman–Crippen MR) is 160 cm³/mol. The van der Waals surface area contributed by atoms with Gasteiger partial charge >= 0.3 is 0 Å². The summed E-state index contributed by atoms with van der Waals surface area (Å²) in [6.07, 6.45) is 0. The van der Waals surface area contributed by atoms with Crippen LogP contribution in [0, 0.1) is 50.4 Å². The first-order valence-corrected chi connectivity index (χ1v) is 13.1. The van der Waals surface area contributed by atoms with Crippen molar-refractivity contribution in [3.63, 3.8) is 0 Å². The van der Waals surface area contributed by atoms with Gasteiger partial charge in [0.1, 0.15) is 12.1 Å². The van der Waals surface area contributed by atoms with Crippen LogP contribution in [0.4, 0.5) is 0 Å². The average molecular weight is 502 g/mol. The lowest BCUT2D eigenvalue weighted by atomic mass is 9.93.